The summed E-state index contributed by atoms with van der Waals surface area (Å²) in [5.74, 6) is 0.456. The first kappa shape index (κ1) is 18.2. The second-order valence-corrected chi connectivity index (χ2v) is 6.68. The van der Waals surface area contributed by atoms with Crippen molar-refractivity contribution >= 4 is 11.8 Å². The molecule has 2 saturated heterocycles. The largest absolute Gasteiger partial charge is 0.381 e. The van der Waals surface area contributed by atoms with E-state index in [1.54, 1.807) is 19.0 Å². The van der Waals surface area contributed by atoms with E-state index in [4.69, 9.17) is 10.5 Å². The van der Waals surface area contributed by atoms with Crippen molar-refractivity contribution in [3.8, 4) is 0 Å². The average Bonchev–Trinajstić information content (AvgIpc) is 2.59. The maximum Gasteiger partial charge on any atom is 0.239 e. The third-order valence-corrected chi connectivity index (χ3v) is 4.88. The summed E-state index contributed by atoms with van der Waals surface area (Å²) in [6.45, 7) is 5.20. The molecule has 0 aromatic carbocycles. The predicted octanol–water partition coefficient (Wildman–Crippen LogP) is -0.637. The van der Waals surface area contributed by atoms with Crippen molar-refractivity contribution < 1.29 is 14.3 Å². The zero-order chi connectivity index (χ0) is 16.8. The van der Waals surface area contributed by atoms with Gasteiger partial charge in [0.1, 0.15) is 0 Å². The normalized spacial score (nSPS) is 22.0. The van der Waals surface area contributed by atoms with Crippen LogP contribution in [0.4, 0.5) is 0 Å². The van der Waals surface area contributed by atoms with Crippen LogP contribution in [0.2, 0.25) is 0 Å². The molecule has 2 aliphatic heterocycles. The van der Waals surface area contributed by atoms with Crippen LogP contribution >= 0.6 is 0 Å². The van der Waals surface area contributed by atoms with E-state index in [1.165, 1.54) is 0 Å². The van der Waals surface area contributed by atoms with Crippen molar-refractivity contribution in [1.29, 1.82) is 0 Å². The number of nitrogens with zero attached hydrogens (tertiary/aromatic N) is 3. The summed E-state index contributed by atoms with van der Waals surface area (Å²) in [7, 11) is 3.55. The predicted molar refractivity (Wildman–Crippen MR) is 87.8 cm³/mol. The fraction of sp³-hybridized carbons (Fsp3) is 0.875. The van der Waals surface area contributed by atoms with Crippen LogP contribution in [0.5, 0.6) is 0 Å². The first-order valence-corrected chi connectivity index (χ1v) is 8.53. The van der Waals surface area contributed by atoms with Gasteiger partial charge in [-0.2, -0.15) is 0 Å². The summed E-state index contributed by atoms with van der Waals surface area (Å²) in [5.41, 5.74) is 6.18. The Balaban J connectivity index is 1.72. The lowest BCUT2D eigenvalue weighted by molar-refractivity contribution is -0.137. The van der Waals surface area contributed by atoms with Crippen LogP contribution in [0.3, 0.4) is 0 Å². The van der Waals surface area contributed by atoms with E-state index in [-0.39, 0.29) is 17.7 Å². The first-order valence-electron chi connectivity index (χ1n) is 8.53. The minimum atomic E-state index is -0.402. The summed E-state index contributed by atoms with van der Waals surface area (Å²) in [6, 6.07) is -0.402. The Labute approximate surface area is 138 Å². The molecule has 0 aromatic rings. The van der Waals surface area contributed by atoms with Crippen LogP contribution in [0.15, 0.2) is 0 Å². The molecule has 1 atom stereocenters. The Morgan fingerprint density at radius 3 is 2.35 bits per heavy atom. The zero-order valence-electron chi connectivity index (χ0n) is 14.4. The number of carbonyl (C=O) groups excluding carboxylic acids is 2. The molecule has 0 radical (unpaired) electrons. The molecular weight excluding hydrogens is 296 g/mol. The van der Waals surface area contributed by atoms with Gasteiger partial charge in [0.15, 0.2) is 0 Å². The van der Waals surface area contributed by atoms with E-state index < -0.39 is 6.04 Å². The van der Waals surface area contributed by atoms with Crippen molar-refractivity contribution in [2.24, 2.45) is 11.7 Å². The van der Waals surface area contributed by atoms with Gasteiger partial charge in [0, 0.05) is 66.5 Å². The Hall–Kier alpha value is -1.18. The molecule has 0 spiro atoms. The third kappa shape index (κ3) is 5.16. The Morgan fingerprint density at radius 1 is 1.17 bits per heavy atom. The fourth-order valence-electron chi connectivity index (χ4n) is 3.16. The quantitative estimate of drug-likeness (QED) is 0.727. The Bertz CT molecular complexity index is 402. The number of amides is 2. The number of ether oxygens (including phenoxy) is 1. The number of rotatable bonds is 5. The summed E-state index contributed by atoms with van der Waals surface area (Å²) in [5, 5.41) is 0. The van der Waals surface area contributed by atoms with Gasteiger partial charge in [-0.05, 0) is 18.8 Å². The number of hydrogen-bond acceptors (Lipinski definition) is 5. The Morgan fingerprint density at radius 2 is 1.78 bits per heavy atom. The molecule has 2 aliphatic rings. The fourth-order valence-corrected chi connectivity index (χ4v) is 3.16. The van der Waals surface area contributed by atoms with E-state index in [9.17, 15) is 9.59 Å². The maximum absolute atomic E-state index is 12.5. The number of carbonyl (C=O) groups is 2. The molecule has 7 nitrogen and oxygen atoms in total. The highest BCUT2D eigenvalue weighted by Crippen LogP contribution is 2.19. The summed E-state index contributed by atoms with van der Waals surface area (Å²) < 4.78 is 5.33. The van der Waals surface area contributed by atoms with E-state index in [0.717, 1.165) is 32.5 Å². The lowest BCUT2D eigenvalue weighted by Gasteiger charge is -2.37. The monoisotopic (exact) mass is 326 g/mol. The number of piperazine rings is 1. The van der Waals surface area contributed by atoms with Crippen LogP contribution in [0, 0.1) is 5.92 Å². The summed E-state index contributed by atoms with van der Waals surface area (Å²) >= 11 is 0. The summed E-state index contributed by atoms with van der Waals surface area (Å²) in [4.78, 5) is 29.9. The van der Waals surface area contributed by atoms with Gasteiger partial charge in [-0.3, -0.25) is 14.5 Å². The SMILES string of the molecule is CN(C)C(=O)CCN1CCN(C(=O)C(N)C2CCOCC2)CC1. The molecule has 0 bridgehead atoms. The van der Waals surface area contributed by atoms with Crippen molar-refractivity contribution in [2.45, 2.75) is 25.3 Å². The lowest BCUT2D eigenvalue weighted by Crippen LogP contribution is -2.55. The Kier molecular flexibility index (Phi) is 6.80. The van der Waals surface area contributed by atoms with Gasteiger partial charge in [0.05, 0.1) is 6.04 Å². The van der Waals surface area contributed by atoms with Gasteiger partial charge in [0.25, 0.3) is 0 Å². The van der Waals surface area contributed by atoms with E-state index >= 15 is 0 Å². The molecule has 0 saturated carbocycles. The minimum Gasteiger partial charge on any atom is -0.381 e. The van der Waals surface area contributed by atoms with Gasteiger partial charge in [0.2, 0.25) is 11.8 Å². The molecule has 2 N–H and O–H groups in total. The maximum atomic E-state index is 12.5. The molecule has 0 aliphatic carbocycles. The highest BCUT2D eigenvalue weighted by atomic mass is 16.5. The third-order valence-electron chi connectivity index (χ3n) is 4.88. The molecule has 0 aromatic heterocycles. The average molecular weight is 326 g/mol. The van der Waals surface area contributed by atoms with Crippen LogP contribution in [-0.4, -0.2) is 92.6 Å². The van der Waals surface area contributed by atoms with Crippen LogP contribution in [-0.2, 0) is 14.3 Å². The molecule has 1 unspecified atom stereocenters. The van der Waals surface area contributed by atoms with Crippen molar-refractivity contribution in [1.82, 2.24) is 14.7 Å². The van der Waals surface area contributed by atoms with Crippen molar-refractivity contribution in [2.75, 3.05) is 60.0 Å². The first-order chi connectivity index (χ1) is 11.0. The molecule has 2 fully saturated rings. The van der Waals surface area contributed by atoms with Crippen LogP contribution < -0.4 is 5.73 Å². The van der Waals surface area contributed by atoms with Crippen LogP contribution in [0.1, 0.15) is 19.3 Å². The van der Waals surface area contributed by atoms with Gasteiger partial charge in [-0.15, -0.1) is 0 Å². The molecule has 2 rings (SSSR count). The lowest BCUT2D eigenvalue weighted by atomic mass is 9.91. The van der Waals surface area contributed by atoms with E-state index in [0.29, 0.717) is 32.7 Å². The van der Waals surface area contributed by atoms with Gasteiger partial charge < -0.3 is 20.3 Å². The summed E-state index contributed by atoms with van der Waals surface area (Å²) in [6.07, 6.45) is 2.28. The van der Waals surface area contributed by atoms with E-state index in [1.807, 2.05) is 4.90 Å². The number of hydrogen-bond donors (Lipinski definition) is 1. The van der Waals surface area contributed by atoms with E-state index in [2.05, 4.69) is 4.90 Å². The second kappa shape index (κ2) is 8.61. The minimum absolute atomic E-state index is 0.0703. The molecule has 2 amide bonds. The van der Waals surface area contributed by atoms with Crippen LogP contribution in [0.25, 0.3) is 0 Å². The van der Waals surface area contributed by atoms with Crippen molar-refractivity contribution in [3.63, 3.8) is 0 Å². The van der Waals surface area contributed by atoms with Gasteiger partial charge >= 0.3 is 0 Å². The highest BCUT2D eigenvalue weighted by molar-refractivity contribution is 5.82. The van der Waals surface area contributed by atoms with Gasteiger partial charge in [-0.1, -0.05) is 0 Å². The molecule has 132 valence electrons. The smallest absolute Gasteiger partial charge is 0.239 e. The molecule has 7 heteroatoms. The number of nitrogens with two attached hydrogens (primary N) is 1. The standard InChI is InChI=1S/C16H30N4O3/c1-18(2)14(21)3-6-19-7-9-20(10-8-19)16(22)15(17)13-4-11-23-12-5-13/h13,15H,3-12,17H2,1-2H3. The molecule has 23 heavy (non-hydrogen) atoms. The van der Waals surface area contributed by atoms with Gasteiger partial charge in [-0.25, -0.2) is 0 Å². The topological polar surface area (TPSA) is 79.1 Å². The zero-order valence-corrected chi connectivity index (χ0v) is 14.4. The second-order valence-electron chi connectivity index (χ2n) is 6.68. The van der Waals surface area contributed by atoms with Crippen molar-refractivity contribution in [3.05, 3.63) is 0 Å². The molecule has 2 heterocycles. The highest BCUT2D eigenvalue weighted by Gasteiger charge is 2.31. The molecular formula is C16H30N4O3.